The third kappa shape index (κ3) is 5.24. The third-order valence-corrected chi connectivity index (χ3v) is 6.97. The van der Waals surface area contributed by atoms with Gasteiger partial charge < -0.3 is 15.0 Å². The van der Waals surface area contributed by atoms with E-state index in [1.165, 1.54) is 0 Å². The van der Waals surface area contributed by atoms with Crippen LogP contribution in [0.1, 0.15) is 36.0 Å². The first kappa shape index (κ1) is 20.9. The van der Waals surface area contributed by atoms with E-state index in [1.807, 2.05) is 59.5 Å². The lowest BCUT2D eigenvalue weighted by Crippen LogP contribution is -2.41. The van der Waals surface area contributed by atoms with Crippen LogP contribution in [0.3, 0.4) is 0 Å². The summed E-state index contributed by atoms with van der Waals surface area (Å²) in [5.74, 6) is 0.929. The van der Waals surface area contributed by atoms with Crippen molar-refractivity contribution in [3.63, 3.8) is 0 Å². The second kappa shape index (κ2) is 10.1. The van der Waals surface area contributed by atoms with Crippen molar-refractivity contribution in [1.82, 2.24) is 4.90 Å². The van der Waals surface area contributed by atoms with E-state index in [2.05, 4.69) is 5.32 Å². The number of piperidine rings is 1. The Bertz CT molecular complexity index is 860. The van der Waals surface area contributed by atoms with Gasteiger partial charge in [-0.25, -0.2) is 0 Å². The molecule has 6 heteroatoms. The second-order valence-electron chi connectivity index (χ2n) is 7.86. The lowest BCUT2D eigenvalue weighted by atomic mass is 9.95. The van der Waals surface area contributed by atoms with E-state index in [1.54, 1.807) is 11.8 Å². The minimum Gasteiger partial charge on any atom is -0.377 e. The summed E-state index contributed by atoms with van der Waals surface area (Å²) in [4.78, 5) is 28.6. The number of ether oxygens (including phenoxy) is 1. The number of hydrogen-bond donors (Lipinski definition) is 1. The molecule has 0 bridgehead atoms. The maximum atomic E-state index is 13.2. The van der Waals surface area contributed by atoms with Crippen molar-refractivity contribution in [2.45, 2.75) is 36.7 Å². The number of thioether (sulfide) groups is 1. The Hall–Kier alpha value is -2.31. The van der Waals surface area contributed by atoms with Gasteiger partial charge in [0.2, 0.25) is 5.91 Å². The number of carbonyl (C=O) groups excluding carboxylic acids is 2. The predicted molar refractivity (Wildman–Crippen MR) is 120 cm³/mol. The van der Waals surface area contributed by atoms with Crippen LogP contribution in [0.25, 0.3) is 0 Å². The van der Waals surface area contributed by atoms with Crippen LogP contribution in [0.5, 0.6) is 0 Å². The van der Waals surface area contributed by atoms with Gasteiger partial charge in [0.25, 0.3) is 5.91 Å². The van der Waals surface area contributed by atoms with Crippen LogP contribution in [-0.4, -0.2) is 48.3 Å². The highest BCUT2D eigenvalue weighted by atomic mass is 32.2. The van der Waals surface area contributed by atoms with Gasteiger partial charge in [0.05, 0.1) is 11.7 Å². The molecule has 30 heavy (non-hydrogen) atoms. The average Bonchev–Trinajstić information content (AvgIpc) is 3.32. The highest BCUT2D eigenvalue weighted by molar-refractivity contribution is 7.99. The van der Waals surface area contributed by atoms with Gasteiger partial charge in [0.1, 0.15) is 0 Å². The molecule has 2 aliphatic heterocycles. The minimum absolute atomic E-state index is 0.0424. The van der Waals surface area contributed by atoms with Crippen LogP contribution in [0.2, 0.25) is 0 Å². The summed E-state index contributed by atoms with van der Waals surface area (Å²) >= 11 is 1.71. The summed E-state index contributed by atoms with van der Waals surface area (Å²) in [6.07, 6.45) is 3.89. The van der Waals surface area contributed by atoms with Gasteiger partial charge in [0, 0.05) is 42.0 Å². The molecule has 0 radical (unpaired) electrons. The van der Waals surface area contributed by atoms with Crippen molar-refractivity contribution < 1.29 is 14.3 Å². The Morgan fingerprint density at radius 1 is 1.00 bits per heavy atom. The Balaban J connectivity index is 1.32. The molecule has 0 saturated carbocycles. The smallest absolute Gasteiger partial charge is 0.254 e. The van der Waals surface area contributed by atoms with Crippen molar-refractivity contribution in [2.24, 2.45) is 5.92 Å². The number of amides is 2. The molecule has 0 unspecified atom stereocenters. The Morgan fingerprint density at radius 2 is 1.73 bits per heavy atom. The molecule has 4 rings (SSSR count). The zero-order valence-corrected chi connectivity index (χ0v) is 17.9. The topological polar surface area (TPSA) is 58.6 Å². The summed E-state index contributed by atoms with van der Waals surface area (Å²) in [6.45, 7) is 2.06. The zero-order chi connectivity index (χ0) is 20.8. The van der Waals surface area contributed by atoms with Crippen molar-refractivity contribution >= 4 is 29.3 Å². The summed E-state index contributed by atoms with van der Waals surface area (Å²) in [7, 11) is 0. The Morgan fingerprint density at radius 3 is 2.47 bits per heavy atom. The van der Waals surface area contributed by atoms with Crippen molar-refractivity contribution in [2.75, 3.05) is 30.8 Å². The SMILES string of the molecule is O=C(Nc1ccccc1)C1CCN(C(=O)c2ccccc2SC[C@H]2CCCO2)CC1. The standard InChI is InChI=1S/C24H28N2O3S/c27-23(25-19-7-2-1-3-8-19)18-12-14-26(15-13-18)24(28)21-10-4-5-11-22(21)30-17-20-9-6-16-29-20/h1-5,7-8,10-11,18,20H,6,9,12-17H2,(H,25,27)/t20-/m1/s1. The predicted octanol–water partition coefficient (Wildman–Crippen LogP) is 4.45. The van der Waals surface area contributed by atoms with Gasteiger partial charge in [-0.2, -0.15) is 0 Å². The lowest BCUT2D eigenvalue weighted by Gasteiger charge is -2.31. The molecule has 2 heterocycles. The number of anilines is 1. The van der Waals surface area contributed by atoms with Crippen LogP contribution >= 0.6 is 11.8 Å². The summed E-state index contributed by atoms with van der Waals surface area (Å²) in [5.41, 5.74) is 1.57. The molecule has 0 aromatic heterocycles. The molecule has 2 aromatic carbocycles. The number of rotatable bonds is 6. The average molecular weight is 425 g/mol. The van der Waals surface area contributed by atoms with Crippen LogP contribution in [-0.2, 0) is 9.53 Å². The number of nitrogens with one attached hydrogen (secondary N) is 1. The first-order chi connectivity index (χ1) is 14.7. The van der Waals surface area contributed by atoms with Crippen LogP contribution in [0.15, 0.2) is 59.5 Å². The zero-order valence-electron chi connectivity index (χ0n) is 17.1. The third-order valence-electron chi connectivity index (χ3n) is 5.76. The number of benzene rings is 2. The maximum absolute atomic E-state index is 13.2. The molecular weight excluding hydrogens is 396 g/mol. The van der Waals surface area contributed by atoms with Gasteiger partial charge in [-0.1, -0.05) is 30.3 Å². The van der Waals surface area contributed by atoms with E-state index in [0.29, 0.717) is 25.9 Å². The van der Waals surface area contributed by atoms with E-state index in [0.717, 1.165) is 41.3 Å². The number of hydrogen-bond acceptors (Lipinski definition) is 4. The van der Waals surface area contributed by atoms with E-state index >= 15 is 0 Å². The van der Waals surface area contributed by atoms with Crippen LogP contribution in [0, 0.1) is 5.92 Å². The summed E-state index contributed by atoms with van der Waals surface area (Å²) in [5, 5.41) is 2.98. The van der Waals surface area contributed by atoms with Gasteiger partial charge in [-0.15, -0.1) is 11.8 Å². The molecule has 1 atom stereocenters. The maximum Gasteiger partial charge on any atom is 0.254 e. The van der Waals surface area contributed by atoms with Crippen LogP contribution < -0.4 is 5.32 Å². The molecule has 2 saturated heterocycles. The monoisotopic (exact) mass is 424 g/mol. The number of likely N-dealkylation sites (tertiary alicyclic amines) is 1. The van der Waals surface area contributed by atoms with Crippen molar-refractivity contribution in [3.8, 4) is 0 Å². The molecule has 1 N–H and O–H groups in total. The molecule has 0 spiro atoms. The fourth-order valence-electron chi connectivity index (χ4n) is 4.01. The van der Waals surface area contributed by atoms with Gasteiger partial charge in [-0.05, 0) is 49.9 Å². The first-order valence-corrected chi connectivity index (χ1v) is 11.7. The molecule has 2 aliphatic rings. The summed E-state index contributed by atoms with van der Waals surface area (Å²) in [6, 6.07) is 17.4. The Kier molecular flexibility index (Phi) is 7.07. The van der Waals surface area contributed by atoms with Crippen molar-refractivity contribution in [1.29, 1.82) is 0 Å². The molecule has 2 aromatic rings. The van der Waals surface area contributed by atoms with E-state index in [-0.39, 0.29) is 23.8 Å². The molecule has 2 fully saturated rings. The number of para-hydroxylation sites is 1. The second-order valence-corrected chi connectivity index (χ2v) is 8.93. The van der Waals surface area contributed by atoms with E-state index < -0.39 is 0 Å². The van der Waals surface area contributed by atoms with E-state index in [4.69, 9.17) is 4.74 Å². The molecular formula is C24H28N2O3S. The largest absolute Gasteiger partial charge is 0.377 e. The number of nitrogens with zero attached hydrogens (tertiary/aromatic N) is 1. The molecule has 5 nitrogen and oxygen atoms in total. The van der Waals surface area contributed by atoms with Gasteiger partial charge in [-0.3, -0.25) is 9.59 Å². The quantitative estimate of drug-likeness (QED) is 0.696. The first-order valence-electron chi connectivity index (χ1n) is 10.7. The molecule has 0 aliphatic carbocycles. The lowest BCUT2D eigenvalue weighted by molar-refractivity contribution is -0.121. The fraction of sp³-hybridized carbons (Fsp3) is 0.417. The van der Waals surface area contributed by atoms with Crippen molar-refractivity contribution in [3.05, 3.63) is 60.2 Å². The van der Waals surface area contributed by atoms with E-state index in [9.17, 15) is 9.59 Å². The fourth-order valence-corrected chi connectivity index (χ4v) is 5.12. The normalized spacial score (nSPS) is 19.6. The minimum atomic E-state index is -0.0570. The molecule has 2 amide bonds. The molecule has 158 valence electrons. The highest BCUT2D eigenvalue weighted by Crippen LogP contribution is 2.29. The number of carbonyl (C=O) groups is 2. The summed E-state index contributed by atoms with van der Waals surface area (Å²) < 4.78 is 5.71. The van der Waals surface area contributed by atoms with Crippen LogP contribution in [0.4, 0.5) is 5.69 Å². The highest BCUT2D eigenvalue weighted by Gasteiger charge is 2.29. The van der Waals surface area contributed by atoms with Gasteiger partial charge >= 0.3 is 0 Å². The van der Waals surface area contributed by atoms with Gasteiger partial charge in [0.15, 0.2) is 0 Å². The Labute approximate surface area is 182 Å².